The van der Waals surface area contributed by atoms with E-state index in [2.05, 4.69) is 14.9 Å². The molecule has 0 unspecified atom stereocenters. The Balaban J connectivity index is 1.50. The van der Waals surface area contributed by atoms with Gasteiger partial charge in [-0.1, -0.05) is 35.9 Å². The molecule has 1 fully saturated rings. The molecule has 0 bridgehead atoms. The number of amides is 1. The maximum atomic E-state index is 12.8. The van der Waals surface area contributed by atoms with Gasteiger partial charge < -0.3 is 4.90 Å². The number of pyridine rings is 1. The van der Waals surface area contributed by atoms with Gasteiger partial charge in [0, 0.05) is 24.8 Å². The van der Waals surface area contributed by atoms with Crippen LogP contribution in [0.1, 0.15) is 30.4 Å². The van der Waals surface area contributed by atoms with Crippen LogP contribution in [0.3, 0.4) is 0 Å². The van der Waals surface area contributed by atoms with Crippen LogP contribution in [0, 0.1) is 0 Å². The zero-order valence-electron chi connectivity index (χ0n) is 15.7. The highest BCUT2D eigenvalue weighted by Gasteiger charge is 2.31. The second-order valence-electron chi connectivity index (χ2n) is 7.03. The zero-order valence-corrected chi connectivity index (χ0v) is 17.3. The van der Waals surface area contributed by atoms with Gasteiger partial charge in [0.25, 0.3) is 5.91 Å². The molecule has 0 radical (unpaired) electrons. The van der Waals surface area contributed by atoms with Gasteiger partial charge in [0.05, 0.1) is 21.2 Å². The number of rotatable bonds is 2. The van der Waals surface area contributed by atoms with Crippen LogP contribution in [0.25, 0.3) is 17.3 Å². The molecule has 1 aromatic heterocycles. The maximum Gasteiger partial charge on any atom is 0.417 e. The number of hydrogen-bond donors (Lipinski definition) is 0. The number of aromatic nitrogens is 1. The molecule has 3 heterocycles. The minimum Gasteiger partial charge on any atom is -0.351 e. The number of carbonyl (C=O) groups is 1. The minimum atomic E-state index is -4.49. The monoisotopic (exact) mass is 451 g/mol. The molecule has 2 aromatic rings. The van der Waals surface area contributed by atoms with Crippen molar-refractivity contribution in [3.05, 3.63) is 57.6 Å². The van der Waals surface area contributed by atoms with E-state index in [1.807, 2.05) is 0 Å². The fourth-order valence-corrected chi connectivity index (χ4v) is 4.55. The van der Waals surface area contributed by atoms with Gasteiger partial charge in [-0.2, -0.15) is 18.2 Å². The van der Waals surface area contributed by atoms with Crippen LogP contribution in [0.2, 0.25) is 5.02 Å². The average molecular weight is 452 g/mol. The normalized spacial score (nSPS) is 18.8. The molecule has 0 aliphatic carbocycles. The number of halogens is 4. The highest BCUT2D eigenvalue weighted by molar-refractivity contribution is 8.18. The molecule has 4 rings (SSSR count). The van der Waals surface area contributed by atoms with Crippen molar-refractivity contribution in [3.8, 4) is 11.3 Å². The molecule has 0 atom stereocenters. The number of thioether (sulfide) groups is 1. The van der Waals surface area contributed by atoms with Crippen LogP contribution in [0.15, 0.2) is 46.4 Å². The largest absolute Gasteiger partial charge is 0.417 e. The van der Waals surface area contributed by atoms with Crippen molar-refractivity contribution in [3.63, 3.8) is 0 Å². The number of amidine groups is 1. The van der Waals surface area contributed by atoms with Crippen molar-refractivity contribution in [1.29, 1.82) is 0 Å². The summed E-state index contributed by atoms with van der Waals surface area (Å²) < 4.78 is 38.3. The van der Waals surface area contributed by atoms with E-state index in [9.17, 15) is 18.0 Å². The third-order valence-corrected chi connectivity index (χ3v) is 6.22. The van der Waals surface area contributed by atoms with E-state index >= 15 is 0 Å². The molecule has 4 nitrogen and oxygen atoms in total. The van der Waals surface area contributed by atoms with Gasteiger partial charge >= 0.3 is 6.18 Å². The summed E-state index contributed by atoms with van der Waals surface area (Å²) in [5.74, 6) is -0.253. The van der Waals surface area contributed by atoms with Gasteiger partial charge in [-0.15, -0.1) is 0 Å². The highest BCUT2D eigenvalue weighted by atomic mass is 35.5. The summed E-state index contributed by atoms with van der Waals surface area (Å²) in [7, 11) is 0. The first-order chi connectivity index (χ1) is 14.3. The van der Waals surface area contributed by atoms with Gasteiger partial charge in [-0.05, 0) is 48.7 Å². The van der Waals surface area contributed by atoms with Crippen molar-refractivity contribution in [2.45, 2.75) is 25.4 Å². The molecule has 30 heavy (non-hydrogen) atoms. The summed E-state index contributed by atoms with van der Waals surface area (Å²) in [6.45, 7) is 1.84. The molecular weight excluding hydrogens is 435 g/mol. The van der Waals surface area contributed by atoms with Crippen molar-refractivity contribution in [2.75, 3.05) is 13.1 Å². The second-order valence-corrected chi connectivity index (χ2v) is 8.45. The van der Waals surface area contributed by atoms with E-state index < -0.39 is 11.7 Å². The van der Waals surface area contributed by atoms with Crippen molar-refractivity contribution in [2.24, 2.45) is 4.99 Å². The first kappa shape index (κ1) is 20.9. The van der Waals surface area contributed by atoms with Crippen LogP contribution in [0.4, 0.5) is 13.2 Å². The molecule has 156 valence electrons. The Morgan fingerprint density at radius 3 is 2.43 bits per heavy atom. The van der Waals surface area contributed by atoms with Crippen LogP contribution >= 0.6 is 23.4 Å². The topological polar surface area (TPSA) is 45.6 Å². The van der Waals surface area contributed by atoms with Gasteiger partial charge in [0.15, 0.2) is 5.17 Å². The lowest BCUT2D eigenvalue weighted by molar-refractivity contribution is -0.137. The quantitative estimate of drug-likeness (QED) is 0.535. The Morgan fingerprint density at radius 1 is 1.10 bits per heavy atom. The molecule has 1 saturated heterocycles. The van der Waals surface area contributed by atoms with Crippen molar-refractivity contribution >= 4 is 40.5 Å². The Labute approximate surface area is 180 Å². The zero-order chi connectivity index (χ0) is 21.3. The summed E-state index contributed by atoms with van der Waals surface area (Å²) in [5, 5.41) is 0.681. The molecule has 9 heteroatoms. The molecule has 0 saturated carbocycles. The number of alkyl halides is 3. The number of likely N-dealkylation sites (tertiary alicyclic amines) is 1. The SMILES string of the molecule is O=C1N=C(N2CCCCC2)SC1=Cc1ccc(-c2ncc(C(F)(F)F)cc2Cl)cc1. The van der Waals surface area contributed by atoms with Crippen molar-refractivity contribution < 1.29 is 18.0 Å². The van der Waals surface area contributed by atoms with Gasteiger partial charge in [-0.3, -0.25) is 9.78 Å². The number of aliphatic imine (C=N–C) groups is 1. The highest BCUT2D eigenvalue weighted by Crippen LogP contribution is 2.35. The van der Waals surface area contributed by atoms with Gasteiger partial charge in [0.2, 0.25) is 0 Å². The Hall–Kier alpha value is -2.32. The number of carbonyl (C=O) groups excluding carboxylic acids is 1. The Morgan fingerprint density at radius 2 is 1.80 bits per heavy atom. The Bertz CT molecular complexity index is 1030. The maximum absolute atomic E-state index is 12.8. The lowest BCUT2D eigenvalue weighted by Gasteiger charge is -2.27. The fourth-order valence-electron chi connectivity index (χ4n) is 3.31. The van der Waals surface area contributed by atoms with E-state index in [0.717, 1.165) is 48.9 Å². The second kappa shape index (κ2) is 8.43. The van der Waals surface area contributed by atoms with E-state index in [0.29, 0.717) is 10.5 Å². The average Bonchev–Trinajstić information content (AvgIpc) is 3.09. The first-order valence-corrected chi connectivity index (χ1v) is 10.6. The molecule has 2 aliphatic rings. The minimum absolute atomic E-state index is 0.0722. The predicted molar refractivity (Wildman–Crippen MR) is 113 cm³/mol. The molecular formula is C21H17ClF3N3OS. The van der Waals surface area contributed by atoms with E-state index in [1.165, 1.54) is 18.2 Å². The number of piperidine rings is 1. The molecule has 2 aliphatic heterocycles. The van der Waals surface area contributed by atoms with Gasteiger partial charge in [-0.25, -0.2) is 0 Å². The van der Waals surface area contributed by atoms with E-state index in [1.54, 1.807) is 30.3 Å². The number of nitrogens with zero attached hydrogens (tertiary/aromatic N) is 3. The summed E-state index contributed by atoms with van der Waals surface area (Å²) in [6.07, 6.45) is 1.45. The number of hydrogen-bond acceptors (Lipinski definition) is 4. The fraction of sp³-hybridized carbons (Fsp3) is 0.286. The van der Waals surface area contributed by atoms with Crippen LogP contribution in [0.5, 0.6) is 0 Å². The van der Waals surface area contributed by atoms with E-state index in [-0.39, 0.29) is 16.6 Å². The van der Waals surface area contributed by atoms with E-state index in [4.69, 9.17) is 11.6 Å². The van der Waals surface area contributed by atoms with Crippen LogP contribution in [-0.4, -0.2) is 34.0 Å². The van der Waals surface area contributed by atoms with Crippen LogP contribution in [-0.2, 0) is 11.0 Å². The molecule has 0 spiro atoms. The first-order valence-electron chi connectivity index (χ1n) is 9.42. The lowest BCUT2D eigenvalue weighted by Crippen LogP contribution is -2.33. The summed E-state index contributed by atoms with van der Waals surface area (Å²) in [5.41, 5.74) is 0.754. The molecule has 1 amide bonds. The molecule has 1 aromatic carbocycles. The Kier molecular flexibility index (Phi) is 5.88. The lowest BCUT2D eigenvalue weighted by atomic mass is 10.1. The predicted octanol–water partition coefficient (Wildman–Crippen LogP) is 5.88. The third-order valence-electron chi connectivity index (χ3n) is 4.89. The van der Waals surface area contributed by atoms with Crippen molar-refractivity contribution in [1.82, 2.24) is 9.88 Å². The number of benzene rings is 1. The summed E-state index contributed by atoms with van der Waals surface area (Å²) in [4.78, 5) is 23.0. The standard InChI is InChI=1S/C21H17ClF3N3OS/c22-16-11-15(21(23,24)25)12-26-18(16)14-6-4-13(5-7-14)10-17-19(29)27-20(30-17)28-8-2-1-3-9-28/h4-7,10-12H,1-3,8-9H2. The molecule has 0 N–H and O–H groups in total. The summed E-state index contributed by atoms with van der Waals surface area (Å²) in [6, 6.07) is 7.83. The third kappa shape index (κ3) is 4.54. The smallest absolute Gasteiger partial charge is 0.351 e. The van der Waals surface area contributed by atoms with Crippen LogP contribution < -0.4 is 0 Å². The van der Waals surface area contributed by atoms with Gasteiger partial charge in [0.1, 0.15) is 0 Å². The summed E-state index contributed by atoms with van der Waals surface area (Å²) >= 11 is 7.39.